The van der Waals surface area contributed by atoms with Crippen molar-refractivity contribution in [2.75, 3.05) is 24.5 Å². The summed E-state index contributed by atoms with van der Waals surface area (Å²) in [6.07, 6.45) is 1.34. The van der Waals surface area contributed by atoms with E-state index in [1.54, 1.807) is 0 Å². The molecule has 2 aromatic rings. The number of pyridine rings is 1. The van der Waals surface area contributed by atoms with E-state index in [4.69, 9.17) is 21.3 Å². The number of nitrogens with zero attached hydrogens (tertiary/aromatic N) is 2. The second-order valence-corrected chi connectivity index (χ2v) is 7.57. The van der Waals surface area contributed by atoms with E-state index in [9.17, 15) is 8.78 Å². The molecule has 144 valence electrons. The molecule has 0 unspecified atom stereocenters. The number of ether oxygens (including phenoxy) is 1. The van der Waals surface area contributed by atoms with Crippen LogP contribution in [0, 0.1) is 11.6 Å². The average Bonchev–Trinajstić information content (AvgIpc) is 3.04. The highest BCUT2D eigenvalue weighted by Crippen LogP contribution is 2.38. The van der Waals surface area contributed by atoms with Gasteiger partial charge in [0.05, 0.1) is 17.3 Å². The van der Waals surface area contributed by atoms with Crippen LogP contribution in [-0.2, 0) is 17.8 Å². The topological polar surface area (TPSA) is 37.4 Å². The van der Waals surface area contributed by atoms with Gasteiger partial charge in [-0.1, -0.05) is 11.6 Å². The van der Waals surface area contributed by atoms with E-state index in [2.05, 4.69) is 17.1 Å². The van der Waals surface area contributed by atoms with E-state index in [-0.39, 0.29) is 18.3 Å². The van der Waals surface area contributed by atoms with E-state index in [0.717, 1.165) is 61.7 Å². The summed E-state index contributed by atoms with van der Waals surface area (Å²) in [5.74, 6) is -0.160. The first-order valence-corrected chi connectivity index (χ1v) is 9.63. The van der Waals surface area contributed by atoms with Crippen LogP contribution >= 0.6 is 11.6 Å². The summed E-state index contributed by atoms with van der Waals surface area (Å²) in [6.45, 7) is 4.76. The maximum absolute atomic E-state index is 13.9. The van der Waals surface area contributed by atoms with Crippen molar-refractivity contribution in [2.45, 2.75) is 38.5 Å². The van der Waals surface area contributed by atoms with Crippen molar-refractivity contribution < 1.29 is 13.5 Å². The number of rotatable bonds is 4. The molecular formula is C20H22ClF2N3O. The number of aromatic nitrogens is 1. The molecule has 0 radical (unpaired) electrons. The van der Waals surface area contributed by atoms with Crippen LogP contribution in [0.3, 0.4) is 0 Å². The van der Waals surface area contributed by atoms with Crippen molar-refractivity contribution in [1.29, 1.82) is 0 Å². The highest BCUT2D eigenvalue weighted by molar-refractivity contribution is 6.33. The Bertz CT molecular complexity index is 848. The molecule has 1 aromatic heterocycles. The normalized spacial score (nSPS) is 22.1. The Morgan fingerprint density at radius 3 is 3.00 bits per heavy atom. The molecular weight excluding hydrogens is 372 g/mol. The van der Waals surface area contributed by atoms with Crippen LogP contribution in [0.25, 0.3) is 0 Å². The highest BCUT2D eigenvalue weighted by atomic mass is 35.5. The van der Waals surface area contributed by atoms with Gasteiger partial charge in [-0.2, -0.15) is 0 Å². The first-order valence-electron chi connectivity index (χ1n) is 9.25. The number of halogens is 3. The molecule has 4 nitrogen and oxygen atoms in total. The maximum atomic E-state index is 13.9. The van der Waals surface area contributed by atoms with Gasteiger partial charge >= 0.3 is 0 Å². The minimum atomic E-state index is -0.471. The zero-order chi connectivity index (χ0) is 19.0. The standard InChI is InChI=1S/C20H22ClF2N3O/c1-12-10-24-6-7-26(12)20-16(21)9-13-2-5-18(19(13)25-20)27-11-14-8-15(22)3-4-17(14)23/h3-4,8-9,12,18,24H,2,5-7,10-11H2,1H3/t12-,18+/m1/s1. The van der Waals surface area contributed by atoms with Gasteiger partial charge in [0.1, 0.15) is 23.6 Å². The monoisotopic (exact) mass is 393 g/mol. The molecule has 2 heterocycles. The quantitative estimate of drug-likeness (QED) is 0.851. The van der Waals surface area contributed by atoms with Gasteiger partial charge in [-0.05, 0) is 49.6 Å². The van der Waals surface area contributed by atoms with Crippen molar-refractivity contribution in [3.63, 3.8) is 0 Å². The number of hydrogen-bond donors (Lipinski definition) is 1. The second kappa shape index (κ2) is 7.70. The van der Waals surface area contributed by atoms with Crippen molar-refractivity contribution in [3.8, 4) is 0 Å². The smallest absolute Gasteiger partial charge is 0.148 e. The first kappa shape index (κ1) is 18.6. The first-order chi connectivity index (χ1) is 13.0. The van der Waals surface area contributed by atoms with Gasteiger partial charge in [-0.3, -0.25) is 0 Å². The second-order valence-electron chi connectivity index (χ2n) is 7.16. The lowest BCUT2D eigenvalue weighted by atomic mass is 10.2. The number of anilines is 1. The molecule has 0 bridgehead atoms. The van der Waals surface area contributed by atoms with Crippen LogP contribution in [-0.4, -0.2) is 30.7 Å². The molecule has 1 saturated heterocycles. The molecule has 27 heavy (non-hydrogen) atoms. The SMILES string of the molecule is C[C@@H]1CNCCN1c1nc2c(cc1Cl)CC[C@@H]2OCc1cc(F)ccc1F. The lowest BCUT2D eigenvalue weighted by Crippen LogP contribution is -2.50. The van der Waals surface area contributed by atoms with Gasteiger partial charge in [0.25, 0.3) is 0 Å². The van der Waals surface area contributed by atoms with Crippen LogP contribution in [0.2, 0.25) is 5.02 Å². The fourth-order valence-corrected chi connectivity index (χ4v) is 4.08. The molecule has 1 aromatic carbocycles. The van der Waals surface area contributed by atoms with Crippen LogP contribution < -0.4 is 10.2 Å². The van der Waals surface area contributed by atoms with E-state index >= 15 is 0 Å². The van der Waals surface area contributed by atoms with Crippen molar-refractivity contribution in [1.82, 2.24) is 10.3 Å². The average molecular weight is 394 g/mol. The molecule has 1 aliphatic heterocycles. The van der Waals surface area contributed by atoms with Crippen LogP contribution in [0.1, 0.15) is 36.3 Å². The summed E-state index contributed by atoms with van der Waals surface area (Å²) >= 11 is 6.51. The fraction of sp³-hybridized carbons (Fsp3) is 0.450. The molecule has 2 aliphatic rings. The van der Waals surface area contributed by atoms with Crippen molar-refractivity contribution >= 4 is 17.4 Å². The number of hydrogen-bond acceptors (Lipinski definition) is 4. The van der Waals surface area contributed by atoms with Gasteiger partial charge in [0.2, 0.25) is 0 Å². The zero-order valence-corrected chi connectivity index (χ0v) is 15.9. The summed E-state index contributed by atoms with van der Waals surface area (Å²) in [4.78, 5) is 7.04. The number of fused-ring (bicyclic) bond motifs is 1. The lowest BCUT2D eigenvalue weighted by molar-refractivity contribution is 0.0369. The molecule has 0 saturated carbocycles. The Labute approximate surface area is 162 Å². The molecule has 1 aliphatic carbocycles. The Balaban J connectivity index is 1.55. The number of aryl methyl sites for hydroxylation is 1. The van der Waals surface area contributed by atoms with Crippen LogP contribution in [0.15, 0.2) is 24.3 Å². The van der Waals surface area contributed by atoms with Gasteiger partial charge in [0, 0.05) is 31.2 Å². The van der Waals surface area contributed by atoms with Gasteiger partial charge in [0.15, 0.2) is 0 Å². The predicted molar refractivity (Wildman–Crippen MR) is 101 cm³/mol. The van der Waals surface area contributed by atoms with Gasteiger partial charge in [-0.25, -0.2) is 13.8 Å². The predicted octanol–water partition coefficient (Wildman–Crippen LogP) is 4.02. The number of benzene rings is 1. The minimum absolute atomic E-state index is 0.0113. The summed E-state index contributed by atoms with van der Waals surface area (Å²) in [5, 5.41) is 4.01. The van der Waals surface area contributed by atoms with Crippen molar-refractivity contribution in [3.05, 3.63) is 57.7 Å². The Morgan fingerprint density at radius 2 is 2.19 bits per heavy atom. The number of nitrogens with one attached hydrogen (secondary N) is 1. The van der Waals surface area contributed by atoms with E-state index < -0.39 is 11.6 Å². The molecule has 1 fully saturated rings. The number of piperazine rings is 1. The molecule has 7 heteroatoms. The Hall–Kier alpha value is -1.76. The summed E-state index contributed by atoms with van der Waals surface area (Å²) in [5.41, 5.74) is 2.14. The summed E-state index contributed by atoms with van der Waals surface area (Å²) in [7, 11) is 0. The van der Waals surface area contributed by atoms with Crippen molar-refractivity contribution in [2.24, 2.45) is 0 Å². The zero-order valence-electron chi connectivity index (χ0n) is 15.1. The largest absolute Gasteiger partial charge is 0.367 e. The third-order valence-electron chi connectivity index (χ3n) is 5.27. The fourth-order valence-electron chi connectivity index (χ4n) is 3.80. The minimum Gasteiger partial charge on any atom is -0.367 e. The Kier molecular flexibility index (Phi) is 5.30. The molecule has 1 N–H and O–H groups in total. The summed E-state index contributed by atoms with van der Waals surface area (Å²) < 4.78 is 33.1. The maximum Gasteiger partial charge on any atom is 0.148 e. The van der Waals surface area contributed by atoms with Gasteiger partial charge < -0.3 is 15.0 Å². The molecule has 4 rings (SSSR count). The highest BCUT2D eigenvalue weighted by Gasteiger charge is 2.29. The lowest BCUT2D eigenvalue weighted by Gasteiger charge is -2.35. The van der Waals surface area contributed by atoms with Crippen LogP contribution in [0.4, 0.5) is 14.6 Å². The van der Waals surface area contributed by atoms with E-state index in [0.29, 0.717) is 11.1 Å². The van der Waals surface area contributed by atoms with E-state index in [1.165, 1.54) is 6.07 Å². The van der Waals surface area contributed by atoms with Crippen LogP contribution in [0.5, 0.6) is 0 Å². The third-order valence-corrected chi connectivity index (χ3v) is 5.55. The Morgan fingerprint density at radius 1 is 1.33 bits per heavy atom. The third kappa shape index (κ3) is 3.79. The molecule has 0 spiro atoms. The van der Waals surface area contributed by atoms with E-state index in [1.807, 2.05) is 6.07 Å². The summed E-state index contributed by atoms with van der Waals surface area (Å²) in [6, 6.07) is 5.67. The van der Waals surface area contributed by atoms with Gasteiger partial charge in [-0.15, -0.1) is 0 Å². The molecule has 2 atom stereocenters. The molecule has 0 amide bonds.